The van der Waals surface area contributed by atoms with Gasteiger partial charge in [-0.2, -0.15) is 0 Å². The molecule has 0 unspecified atom stereocenters. The topological polar surface area (TPSA) is 79.5 Å². The minimum atomic E-state index is -0.218. The molecule has 3 amide bonds. The van der Waals surface area contributed by atoms with Gasteiger partial charge in [-0.15, -0.1) is 0 Å². The largest absolute Gasteiger partial charge is 0.373 e. The molecule has 0 radical (unpaired) electrons. The summed E-state index contributed by atoms with van der Waals surface area (Å²) >= 11 is 0. The first-order valence-electron chi connectivity index (χ1n) is 7.59. The van der Waals surface area contributed by atoms with Crippen molar-refractivity contribution in [2.75, 3.05) is 26.2 Å². The third-order valence-corrected chi connectivity index (χ3v) is 3.65. The quantitative estimate of drug-likeness (QED) is 0.691. The first-order valence-corrected chi connectivity index (χ1v) is 7.59. The van der Waals surface area contributed by atoms with Gasteiger partial charge in [0.15, 0.2) is 0 Å². The SMILES string of the molecule is CC(=O)NCCNC(=O)NC[C@@H]1CCO[C@H]1c1ccccc1. The molecule has 1 fully saturated rings. The van der Waals surface area contributed by atoms with Gasteiger partial charge in [0.05, 0.1) is 6.10 Å². The lowest BCUT2D eigenvalue weighted by Gasteiger charge is -2.19. The van der Waals surface area contributed by atoms with E-state index in [1.54, 1.807) is 0 Å². The fraction of sp³-hybridized carbons (Fsp3) is 0.500. The Balaban J connectivity index is 1.71. The van der Waals surface area contributed by atoms with Crippen molar-refractivity contribution in [1.29, 1.82) is 0 Å². The standard InChI is InChI=1S/C16H23N3O3/c1-12(20)17-8-9-18-16(21)19-11-14-7-10-22-15(14)13-5-3-2-4-6-13/h2-6,14-15H,7-11H2,1H3,(H,17,20)(H2,18,19,21)/t14-,15-/m0/s1. The third-order valence-electron chi connectivity index (χ3n) is 3.65. The highest BCUT2D eigenvalue weighted by molar-refractivity contribution is 5.74. The van der Waals surface area contributed by atoms with Gasteiger partial charge in [0.1, 0.15) is 0 Å². The Morgan fingerprint density at radius 1 is 1.14 bits per heavy atom. The second-order valence-corrected chi connectivity index (χ2v) is 5.37. The van der Waals surface area contributed by atoms with E-state index in [-0.39, 0.29) is 24.0 Å². The molecular weight excluding hydrogens is 282 g/mol. The summed E-state index contributed by atoms with van der Waals surface area (Å²) in [6.07, 6.45) is 0.979. The molecule has 2 atom stereocenters. The maximum atomic E-state index is 11.7. The average molecular weight is 305 g/mol. The maximum Gasteiger partial charge on any atom is 0.314 e. The molecule has 0 spiro atoms. The molecule has 0 aliphatic carbocycles. The third kappa shape index (κ3) is 5.04. The second kappa shape index (κ2) is 8.38. The summed E-state index contributed by atoms with van der Waals surface area (Å²) in [6.45, 7) is 3.59. The van der Waals surface area contributed by atoms with Crippen LogP contribution in [-0.4, -0.2) is 38.2 Å². The number of urea groups is 1. The molecule has 1 heterocycles. The zero-order chi connectivity index (χ0) is 15.8. The van der Waals surface area contributed by atoms with Gasteiger partial charge in [-0.25, -0.2) is 4.79 Å². The Labute approximate surface area is 130 Å². The maximum absolute atomic E-state index is 11.7. The number of nitrogens with one attached hydrogen (secondary N) is 3. The molecule has 1 aromatic carbocycles. The van der Waals surface area contributed by atoms with Crippen molar-refractivity contribution in [1.82, 2.24) is 16.0 Å². The van der Waals surface area contributed by atoms with Crippen LogP contribution in [0.5, 0.6) is 0 Å². The van der Waals surface area contributed by atoms with Crippen molar-refractivity contribution in [2.45, 2.75) is 19.4 Å². The summed E-state index contributed by atoms with van der Waals surface area (Å²) in [4.78, 5) is 22.4. The van der Waals surface area contributed by atoms with Crippen LogP contribution < -0.4 is 16.0 Å². The van der Waals surface area contributed by atoms with E-state index in [1.165, 1.54) is 6.92 Å². The lowest BCUT2D eigenvalue weighted by atomic mass is 9.95. The predicted octanol–water partition coefficient (Wildman–Crippen LogP) is 1.20. The van der Waals surface area contributed by atoms with Crippen molar-refractivity contribution in [3.8, 4) is 0 Å². The van der Waals surface area contributed by atoms with Gasteiger partial charge in [0.2, 0.25) is 5.91 Å². The summed E-state index contributed by atoms with van der Waals surface area (Å²) in [5, 5.41) is 8.21. The molecule has 3 N–H and O–H groups in total. The van der Waals surface area contributed by atoms with Crippen LogP contribution in [0.25, 0.3) is 0 Å². The molecule has 22 heavy (non-hydrogen) atoms. The van der Waals surface area contributed by atoms with E-state index in [9.17, 15) is 9.59 Å². The van der Waals surface area contributed by atoms with Crippen LogP contribution in [0.4, 0.5) is 4.79 Å². The Hall–Kier alpha value is -2.08. The summed E-state index contributed by atoms with van der Waals surface area (Å²) in [5.41, 5.74) is 1.15. The lowest BCUT2D eigenvalue weighted by molar-refractivity contribution is -0.118. The molecule has 1 saturated heterocycles. The molecular formula is C16H23N3O3. The minimum absolute atomic E-state index is 0.0425. The molecule has 120 valence electrons. The molecule has 1 aliphatic rings. The zero-order valence-corrected chi connectivity index (χ0v) is 12.8. The predicted molar refractivity (Wildman–Crippen MR) is 83.3 cm³/mol. The van der Waals surface area contributed by atoms with Crippen molar-refractivity contribution in [3.63, 3.8) is 0 Å². The molecule has 6 heteroatoms. The average Bonchev–Trinajstić information content (AvgIpc) is 2.99. The molecule has 2 rings (SSSR count). The Morgan fingerprint density at radius 3 is 2.59 bits per heavy atom. The van der Waals surface area contributed by atoms with Gasteiger partial charge in [-0.3, -0.25) is 4.79 Å². The Kier molecular flexibility index (Phi) is 6.21. The van der Waals surface area contributed by atoms with E-state index in [0.29, 0.717) is 19.6 Å². The summed E-state index contributed by atoms with van der Waals surface area (Å²) < 4.78 is 5.79. The highest BCUT2D eigenvalue weighted by Crippen LogP contribution is 2.33. The number of benzene rings is 1. The smallest absolute Gasteiger partial charge is 0.314 e. The molecule has 0 bridgehead atoms. The van der Waals surface area contributed by atoms with Gasteiger partial charge in [-0.05, 0) is 12.0 Å². The number of hydrogen-bond donors (Lipinski definition) is 3. The van der Waals surface area contributed by atoms with Gasteiger partial charge in [0.25, 0.3) is 0 Å². The van der Waals surface area contributed by atoms with Gasteiger partial charge < -0.3 is 20.7 Å². The van der Waals surface area contributed by atoms with Crippen LogP contribution in [0.1, 0.15) is 25.0 Å². The summed E-state index contributed by atoms with van der Waals surface area (Å²) in [5.74, 6) is 0.180. The normalized spacial score (nSPS) is 20.4. The first-order chi connectivity index (χ1) is 10.7. The van der Waals surface area contributed by atoms with Crippen molar-refractivity contribution < 1.29 is 14.3 Å². The highest BCUT2D eigenvalue weighted by atomic mass is 16.5. The number of carbonyl (C=O) groups excluding carboxylic acids is 2. The minimum Gasteiger partial charge on any atom is -0.373 e. The van der Waals surface area contributed by atoms with Gasteiger partial charge in [0, 0.05) is 39.1 Å². The Bertz CT molecular complexity index is 493. The molecule has 0 aromatic heterocycles. The van der Waals surface area contributed by atoms with E-state index in [0.717, 1.165) is 18.6 Å². The van der Waals surface area contributed by atoms with E-state index < -0.39 is 0 Å². The molecule has 1 aromatic rings. The second-order valence-electron chi connectivity index (χ2n) is 5.37. The monoisotopic (exact) mass is 305 g/mol. The van der Waals surface area contributed by atoms with Gasteiger partial charge >= 0.3 is 6.03 Å². The van der Waals surface area contributed by atoms with Crippen LogP contribution in [0.3, 0.4) is 0 Å². The number of carbonyl (C=O) groups is 2. The zero-order valence-electron chi connectivity index (χ0n) is 12.8. The first kappa shape index (κ1) is 16.3. The number of hydrogen-bond acceptors (Lipinski definition) is 3. The Morgan fingerprint density at radius 2 is 1.86 bits per heavy atom. The fourth-order valence-corrected chi connectivity index (χ4v) is 2.55. The highest BCUT2D eigenvalue weighted by Gasteiger charge is 2.29. The van der Waals surface area contributed by atoms with E-state index in [4.69, 9.17) is 4.74 Å². The van der Waals surface area contributed by atoms with Gasteiger partial charge in [-0.1, -0.05) is 30.3 Å². The number of ether oxygens (including phenoxy) is 1. The van der Waals surface area contributed by atoms with Crippen molar-refractivity contribution >= 4 is 11.9 Å². The van der Waals surface area contributed by atoms with Crippen LogP contribution >= 0.6 is 0 Å². The van der Waals surface area contributed by atoms with Crippen LogP contribution in [-0.2, 0) is 9.53 Å². The number of amides is 3. The number of rotatable bonds is 6. The van der Waals surface area contributed by atoms with Crippen LogP contribution in [0.15, 0.2) is 30.3 Å². The van der Waals surface area contributed by atoms with Crippen LogP contribution in [0.2, 0.25) is 0 Å². The van der Waals surface area contributed by atoms with E-state index in [1.807, 2.05) is 18.2 Å². The summed E-state index contributed by atoms with van der Waals surface area (Å²) in [6, 6.07) is 9.86. The fourth-order valence-electron chi connectivity index (χ4n) is 2.55. The molecule has 1 aliphatic heterocycles. The lowest BCUT2D eigenvalue weighted by Crippen LogP contribution is -2.41. The van der Waals surface area contributed by atoms with E-state index >= 15 is 0 Å². The molecule has 6 nitrogen and oxygen atoms in total. The summed E-state index contributed by atoms with van der Waals surface area (Å²) in [7, 11) is 0. The van der Waals surface area contributed by atoms with Crippen LogP contribution in [0, 0.1) is 5.92 Å². The van der Waals surface area contributed by atoms with Crippen molar-refractivity contribution in [2.24, 2.45) is 5.92 Å². The van der Waals surface area contributed by atoms with E-state index in [2.05, 4.69) is 28.1 Å². The molecule has 0 saturated carbocycles. The van der Waals surface area contributed by atoms with Crippen molar-refractivity contribution in [3.05, 3.63) is 35.9 Å².